The molecule has 0 aliphatic carbocycles. The number of carbonyl (C=O) groups excluding carboxylic acids is 1. The second kappa shape index (κ2) is 16.1. The Labute approximate surface area is 282 Å². The lowest BCUT2D eigenvalue weighted by molar-refractivity contribution is -0.125. The first-order valence-electron chi connectivity index (χ1n) is 16.3. The number of benzene rings is 5. The van der Waals surface area contributed by atoms with E-state index in [0.29, 0.717) is 30.7 Å². The Bertz CT molecular complexity index is 1630. The van der Waals surface area contributed by atoms with E-state index in [0.717, 1.165) is 29.1 Å². The van der Waals surface area contributed by atoms with Gasteiger partial charge in [0.25, 0.3) is 0 Å². The Kier molecular flexibility index (Phi) is 11.2. The van der Waals surface area contributed by atoms with Crippen LogP contribution in [0.3, 0.4) is 0 Å². The van der Waals surface area contributed by atoms with E-state index in [1.165, 1.54) is 11.1 Å². The van der Waals surface area contributed by atoms with Crippen molar-refractivity contribution in [2.75, 3.05) is 12.3 Å². The van der Waals surface area contributed by atoms with Crippen LogP contribution in [0.15, 0.2) is 146 Å². The van der Waals surface area contributed by atoms with Gasteiger partial charge in [0.05, 0.1) is 24.8 Å². The molecular formula is C41H42N2O3S. The maximum Gasteiger partial charge on any atom is 0.237 e. The van der Waals surface area contributed by atoms with E-state index in [1.807, 2.05) is 103 Å². The number of nitrogens with one attached hydrogen (secondary N) is 2. The first kappa shape index (κ1) is 32.7. The van der Waals surface area contributed by atoms with Crippen molar-refractivity contribution in [1.82, 2.24) is 10.6 Å². The first-order chi connectivity index (χ1) is 23.1. The van der Waals surface area contributed by atoms with Crippen molar-refractivity contribution in [3.05, 3.63) is 179 Å². The van der Waals surface area contributed by atoms with Crippen molar-refractivity contribution in [1.29, 1.82) is 0 Å². The largest absolute Gasteiger partial charge is 0.378 e. The van der Waals surface area contributed by atoms with Crippen LogP contribution in [0.25, 0.3) is 0 Å². The topological polar surface area (TPSA) is 70.6 Å². The number of amides is 1. The number of rotatable bonds is 14. The molecule has 1 aliphatic rings. The summed E-state index contributed by atoms with van der Waals surface area (Å²) in [7, 11) is 0. The molecule has 6 heteroatoms. The molecule has 0 aromatic heterocycles. The van der Waals surface area contributed by atoms with Gasteiger partial charge in [-0.2, -0.15) is 11.8 Å². The third kappa shape index (κ3) is 8.40. The molecular weight excluding hydrogens is 601 g/mol. The molecule has 0 unspecified atom stereocenters. The van der Waals surface area contributed by atoms with E-state index in [4.69, 9.17) is 4.74 Å². The average Bonchev–Trinajstić information content (AvgIpc) is 3.63. The fraction of sp³-hybridized carbons (Fsp3) is 0.244. The Morgan fingerprint density at radius 3 is 1.94 bits per heavy atom. The molecule has 5 aromatic rings. The number of aliphatic hydroxyl groups is 1. The fourth-order valence-electron chi connectivity index (χ4n) is 6.20. The molecule has 47 heavy (non-hydrogen) atoms. The highest BCUT2D eigenvalue weighted by molar-refractivity contribution is 7.98. The minimum Gasteiger partial charge on any atom is -0.378 e. The summed E-state index contributed by atoms with van der Waals surface area (Å²) >= 11 is 1.96. The zero-order valence-electron chi connectivity index (χ0n) is 26.5. The predicted octanol–water partition coefficient (Wildman–Crippen LogP) is 7.20. The lowest BCUT2D eigenvalue weighted by Gasteiger charge is -2.38. The van der Waals surface area contributed by atoms with Gasteiger partial charge in [-0.05, 0) is 52.0 Å². The summed E-state index contributed by atoms with van der Waals surface area (Å²) in [6.45, 7) is 1.09. The van der Waals surface area contributed by atoms with Gasteiger partial charge in [0.2, 0.25) is 5.91 Å². The van der Waals surface area contributed by atoms with E-state index >= 15 is 0 Å². The number of hydrogen-bond acceptors (Lipinski definition) is 5. The number of ether oxygens (including phenoxy) is 1. The Hall–Kier alpha value is -4.20. The minimum atomic E-state index is -1.50. The van der Waals surface area contributed by atoms with Crippen molar-refractivity contribution < 1.29 is 14.6 Å². The molecule has 3 atom stereocenters. The lowest BCUT2D eigenvalue weighted by Crippen LogP contribution is -2.49. The van der Waals surface area contributed by atoms with Gasteiger partial charge >= 0.3 is 0 Å². The number of hydrogen-bond donors (Lipinski definition) is 3. The van der Waals surface area contributed by atoms with Gasteiger partial charge in [-0.3, -0.25) is 4.79 Å². The van der Waals surface area contributed by atoms with Crippen LogP contribution in [0.1, 0.15) is 45.8 Å². The summed E-state index contributed by atoms with van der Waals surface area (Å²) in [6.07, 6.45) is 1.51. The summed E-state index contributed by atoms with van der Waals surface area (Å²) in [4.78, 5) is 13.8. The smallest absolute Gasteiger partial charge is 0.237 e. The molecule has 1 aliphatic heterocycles. The highest BCUT2D eigenvalue weighted by atomic mass is 32.2. The minimum absolute atomic E-state index is 0.0860. The molecule has 1 fully saturated rings. The van der Waals surface area contributed by atoms with Gasteiger partial charge in [0, 0.05) is 12.3 Å². The van der Waals surface area contributed by atoms with Crippen molar-refractivity contribution in [3.8, 4) is 0 Å². The predicted molar refractivity (Wildman–Crippen MR) is 191 cm³/mol. The normalized spacial score (nSPS) is 16.9. The Balaban J connectivity index is 1.06. The summed E-state index contributed by atoms with van der Waals surface area (Å²) in [6, 6.07) is 46.9. The fourth-order valence-corrected chi connectivity index (χ4v) is 7.15. The maximum absolute atomic E-state index is 13.8. The van der Waals surface area contributed by atoms with Gasteiger partial charge in [0.1, 0.15) is 5.60 Å². The maximum atomic E-state index is 13.8. The summed E-state index contributed by atoms with van der Waals surface area (Å²) in [5, 5.41) is 19.2. The number of aryl methyl sites for hydroxylation is 1. The van der Waals surface area contributed by atoms with E-state index < -0.39 is 17.7 Å². The SMILES string of the molecule is O=C(N[C@@H](c1ccccc1)C(O)(c1ccccc1)c1ccccc1)[C@@H]1C[C@@H](OCc2ccc(CCSCc3ccccc3)cc2)CN1. The molecule has 240 valence electrons. The lowest BCUT2D eigenvalue weighted by atomic mass is 9.77. The van der Waals surface area contributed by atoms with Crippen molar-refractivity contribution in [3.63, 3.8) is 0 Å². The van der Waals surface area contributed by atoms with Crippen LogP contribution >= 0.6 is 11.8 Å². The molecule has 0 spiro atoms. The Morgan fingerprint density at radius 2 is 1.32 bits per heavy atom. The van der Waals surface area contributed by atoms with Crippen LogP contribution in [-0.4, -0.2) is 35.5 Å². The third-order valence-electron chi connectivity index (χ3n) is 8.83. The number of thioether (sulfide) groups is 1. The molecule has 0 bridgehead atoms. The van der Waals surface area contributed by atoms with Crippen LogP contribution in [0.2, 0.25) is 0 Å². The molecule has 3 N–H and O–H groups in total. The Morgan fingerprint density at radius 1 is 0.766 bits per heavy atom. The highest BCUT2D eigenvalue weighted by Gasteiger charge is 2.43. The van der Waals surface area contributed by atoms with Crippen LogP contribution in [0.4, 0.5) is 0 Å². The average molecular weight is 643 g/mol. The van der Waals surface area contributed by atoms with Crippen LogP contribution < -0.4 is 10.6 Å². The second-order valence-electron chi connectivity index (χ2n) is 12.1. The number of carbonyl (C=O) groups is 1. The van der Waals surface area contributed by atoms with Crippen LogP contribution in [0.5, 0.6) is 0 Å². The van der Waals surface area contributed by atoms with E-state index in [1.54, 1.807) is 0 Å². The van der Waals surface area contributed by atoms with E-state index in [9.17, 15) is 9.90 Å². The highest BCUT2D eigenvalue weighted by Crippen LogP contribution is 2.41. The molecule has 1 amide bonds. The molecule has 6 rings (SSSR count). The summed E-state index contributed by atoms with van der Waals surface area (Å²) in [5.74, 6) is 1.96. The molecule has 5 aromatic carbocycles. The van der Waals surface area contributed by atoms with E-state index in [-0.39, 0.29) is 12.0 Å². The molecule has 1 saturated heterocycles. The quantitative estimate of drug-likeness (QED) is 0.112. The van der Waals surface area contributed by atoms with Gasteiger partial charge in [0.15, 0.2) is 0 Å². The second-order valence-corrected chi connectivity index (χ2v) is 13.2. The molecule has 0 saturated carbocycles. The monoisotopic (exact) mass is 642 g/mol. The van der Waals surface area contributed by atoms with Gasteiger partial charge < -0.3 is 20.5 Å². The van der Waals surface area contributed by atoms with Gasteiger partial charge in [-0.15, -0.1) is 0 Å². The zero-order valence-corrected chi connectivity index (χ0v) is 27.3. The van der Waals surface area contributed by atoms with Gasteiger partial charge in [-0.25, -0.2) is 0 Å². The van der Waals surface area contributed by atoms with Crippen LogP contribution in [-0.2, 0) is 33.9 Å². The van der Waals surface area contributed by atoms with Gasteiger partial charge in [-0.1, -0.05) is 146 Å². The van der Waals surface area contributed by atoms with Crippen molar-refractivity contribution in [2.24, 2.45) is 0 Å². The summed E-state index contributed by atoms with van der Waals surface area (Å²) < 4.78 is 6.26. The molecule has 0 radical (unpaired) electrons. The van der Waals surface area contributed by atoms with Crippen LogP contribution in [0, 0.1) is 0 Å². The zero-order chi connectivity index (χ0) is 32.3. The molecule has 1 heterocycles. The first-order valence-corrected chi connectivity index (χ1v) is 17.5. The van der Waals surface area contributed by atoms with Crippen molar-refractivity contribution >= 4 is 17.7 Å². The standard InChI is InChI=1S/C41H42N2O3S/c44-40(43-39(34-15-7-2-8-16-34)41(45,35-17-9-3-10-18-35)36-19-11-4-12-20-36)38-27-37(28-42-38)46-29-32-23-21-31(22-24-32)25-26-47-30-33-13-5-1-6-14-33/h1-24,37-39,42,45H,25-30H2,(H,43,44)/t37-,38+,39+/m1/s1. The third-order valence-corrected chi connectivity index (χ3v) is 9.86. The molecule has 5 nitrogen and oxygen atoms in total. The van der Waals surface area contributed by atoms with Crippen molar-refractivity contribution in [2.45, 2.75) is 49.0 Å². The summed E-state index contributed by atoms with van der Waals surface area (Å²) in [5.41, 5.74) is 4.55. The van der Waals surface area contributed by atoms with E-state index in [2.05, 4.69) is 65.2 Å².